The van der Waals surface area contributed by atoms with E-state index >= 15 is 0 Å². The highest BCUT2D eigenvalue weighted by Crippen LogP contribution is 2.44. The maximum atomic E-state index is 13.0. The minimum absolute atomic E-state index is 0.0105. The fraction of sp³-hybridized carbons (Fsp3) is 0.261. The maximum Gasteiger partial charge on any atom is 0.417 e. The van der Waals surface area contributed by atoms with Crippen LogP contribution in [0.3, 0.4) is 0 Å². The third-order valence-corrected chi connectivity index (χ3v) is 18.3. The number of benzene rings is 6. The fourth-order valence-electron chi connectivity index (χ4n) is 11.9. The second-order valence-electron chi connectivity index (χ2n) is 21.8. The average molecular weight is 1290 g/mol. The van der Waals surface area contributed by atoms with Crippen molar-refractivity contribution in [1.82, 2.24) is 0 Å². The number of carboxylic acids is 1. The Balaban J connectivity index is 0.000000143. The van der Waals surface area contributed by atoms with Crippen molar-refractivity contribution in [3.8, 4) is 0 Å². The molecule has 3 fully saturated rings. The van der Waals surface area contributed by atoms with E-state index in [-0.39, 0.29) is 73.1 Å². The van der Waals surface area contributed by atoms with Crippen molar-refractivity contribution in [2.75, 3.05) is 0 Å². The summed E-state index contributed by atoms with van der Waals surface area (Å²) in [6, 6.07) is 43.5. The molecule has 6 aliphatic rings. The van der Waals surface area contributed by atoms with Crippen molar-refractivity contribution >= 4 is 122 Å². The summed E-state index contributed by atoms with van der Waals surface area (Å²) in [6.07, 6.45) is 10.5. The van der Waals surface area contributed by atoms with Crippen molar-refractivity contribution in [3.63, 3.8) is 0 Å². The lowest BCUT2D eigenvalue weighted by molar-refractivity contribution is -0.168. The number of carbonyl (C=O) groups is 9. The smallest absolute Gasteiger partial charge is 0.417 e. The van der Waals surface area contributed by atoms with Gasteiger partial charge in [-0.15, -0.1) is 0 Å². The van der Waals surface area contributed by atoms with Crippen LogP contribution in [0.1, 0.15) is 174 Å². The third kappa shape index (κ3) is 15.3. The summed E-state index contributed by atoms with van der Waals surface area (Å²) < 4.78 is 10.5. The van der Waals surface area contributed by atoms with Gasteiger partial charge in [-0.1, -0.05) is 179 Å². The number of Topliss-reactive ketones (excluding diaryl/α,β-unsaturated/α-hetero) is 5. The van der Waals surface area contributed by atoms with Gasteiger partial charge in [-0.3, -0.25) is 28.8 Å². The molecule has 3 saturated carbocycles. The zero-order valence-corrected chi connectivity index (χ0v) is 51.1. The normalized spacial score (nSPS) is 21.4. The number of halogens is 6. The molecule has 6 aromatic carbocycles. The van der Waals surface area contributed by atoms with E-state index in [1.807, 2.05) is 60.7 Å². The van der Waals surface area contributed by atoms with Crippen LogP contribution in [0.25, 0.3) is 0 Å². The molecule has 0 unspecified atom stereocenters. The predicted molar refractivity (Wildman–Crippen MR) is 334 cm³/mol. The standard InChI is InChI=1S/C23H18Cl2O4.C22H18Cl2O2.C14H15ClO4.C10H5ClO2/c24-15-9-5-13(6-10-15)14-7-11-16(12-8-14)29-23(28)19-20(25)22(27)18-4-2-1-3-17(18)21(19)26;23-16-11-9-14(10-12-16)13-5-7-15(8-6-13)19-20(24)22(26)18-4-2-1-3-17(18)21(19)25;15-11-5-1-9(2-6-11)10-3-7-12(8-4-10)19-14(18)13(16)17;11-8-5-9(12)6-3-1-2-4-7(6)10(8)13/h1-6,9-10,14,16H,7-8,11-12H2;1-4,9-13,15H,5-8H2;1-2,5-6,10,12H,3-4,7-8H2,(H,16,17);1-5H. The molecule has 18 heteroatoms. The highest BCUT2D eigenvalue weighted by Gasteiger charge is 2.39. The Morgan fingerprint density at radius 2 is 0.701 bits per heavy atom. The molecule has 1 N–H and O–H groups in total. The summed E-state index contributed by atoms with van der Waals surface area (Å²) >= 11 is 35.8. The Bertz CT molecular complexity index is 3770. The Hall–Kier alpha value is -7.29. The van der Waals surface area contributed by atoms with E-state index in [9.17, 15) is 43.2 Å². The summed E-state index contributed by atoms with van der Waals surface area (Å²) in [5.74, 6) is -4.07. The lowest BCUT2D eigenvalue weighted by atomic mass is 9.72. The fourth-order valence-corrected chi connectivity index (χ4v) is 13.1. The molecule has 0 bridgehead atoms. The number of aliphatic carboxylic acids is 1. The van der Waals surface area contributed by atoms with Gasteiger partial charge in [0, 0.05) is 60.1 Å². The molecule has 0 aliphatic heterocycles. The molecule has 6 aromatic rings. The van der Waals surface area contributed by atoms with Gasteiger partial charge in [0.05, 0.1) is 10.1 Å². The van der Waals surface area contributed by atoms with Gasteiger partial charge in [0.2, 0.25) is 23.1 Å². The van der Waals surface area contributed by atoms with Gasteiger partial charge >= 0.3 is 17.9 Å². The van der Waals surface area contributed by atoms with Gasteiger partial charge in [-0.25, -0.2) is 14.4 Å². The van der Waals surface area contributed by atoms with Gasteiger partial charge in [0.15, 0.2) is 11.6 Å². The van der Waals surface area contributed by atoms with E-state index in [1.54, 1.807) is 60.7 Å². The van der Waals surface area contributed by atoms with Crippen LogP contribution in [0, 0.1) is 5.92 Å². The van der Waals surface area contributed by atoms with Crippen LogP contribution in [-0.4, -0.2) is 69.9 Å². The molecule has 0 aromatic heterocycles. The van der Waals surface area contributed by atoms with Crippen molar-refractivity contribution in [2.24, 2.45) is 5.92 Å². The molecular weight excluding hydrogens is 1230 g/mol. The lowest BCUT2D eigenvalue weighted by Gasteiger charge is -2.32. The molecule has 0 saturated heterocycles. The van der Waals surface area contributed by atoms with E-state index in [4.69, 9.17) is 84.2 Å². The molecule has 0 heterocycles. The quantitative estimate of drug-likeness (QED) is 0.0905. The number of rotatable bonds is 7. The largest absolute Gasteiger partial charge is 0.473 e. The molecule has 446 valence electrons. The third-order valence-electron chi connectivity index (χ3n) is 16.5. The zero-order valence-electron chi connectivity index (χ0n) is 46.6. The first kappa shape index (κ1) is 64.2. The van der Waals surface area contributed by atoms with Crippen LogP contribution in [0.2, 0.25) is 15.1 Å². The van der Waals surface area contributed by atoms with Crippen molar-refractivity contribution in [1.29, 1.82) is 0 Å². The first-order valence-electron chi connectivity index (χ1n) is 28.4. The monoisotopic (exact) mass is 1290 g/mol. The van der Waals surface area contributed by atoms with E-state index < -0.39 is 29.5 Å². The van der Waals surface area contributed by atoms with E-state index in [0.29, 0.717) is 81.3 Å². The van der Waals surface area contributed by atoms with Crippen LogP contribution < -0.4 is 0 Å². The minimum Gasteiger partial charge on any atom is -0.473 e. The number of esters is 2. The first-order chi connectivity index (χ1) is 41.8. The van der Waals surface area contributed by atoms with Crippen molar-refractivity contribution in [2.45, 2.75) is 107 Å². The zero-order chi connectivity index (χ0) is 62.1. The number of allylic oxidation sites excluding steroid dienone is 5. The molecule has 12 nitrogen and oxygen atoms in total. The molecule has 0 atom stereocenters. The van der Waals surface area contributed by atoms with Gasteiger partial charge in [0.25, 0.3) is 0 Å². The molecule has 0 amide bonds. The Labute approximate surface area is 532 Å². The Morgan fingerprint density at radius 1 is 0.368 bits per heavy atom. The van der Waals surface area contributed by atoms with Crippen molar-refractivity contribution in [3.05, 3.63) is 243 Å². The van der Waals surface area contributed by atoms with Gasteiger partial charge in [0.1, 0.15) is 22.8 Å². The predicted octanol–water partition coefficient (Wildman–Crippen LogP) is 16.8. The lowest BCUT2D eigenvalue weighted by Crippen LogP contribution is -2.30. The average Bonchev–Trinajstić information content (AvgIpc) is 1.14. The number of hydrogen-bond donors (Lipinski definition) is 1. The SMILES string of the molecule is O=C(O)C(=O)OC1CCC(c2ccc(Cl)cc2)CC1.O=C(OC1CCC(c2ccc(Cl)cc2)CC1)C1=C(Cl)C(=O)c2ccccc2C1=O.O=C1C(Cl)=C(C2CCC(c3ccc(Cl)cc3)CC2)C(=O)c2ccccc21.O=C1C=C(Cl)C(=O)c2ccccc21. The Morgan fingerprint density at radius 3 is 1.11 bits per heavy atom. The minimum atomic E-state index is -1.53. The van der Waals surface area contributed by atoms with Gasteiger partial charge in [-0.2, -0.15) is 0 Å². The molecule has 0 radical (unpaired) electrons. The maximum absolute atomic E-state index is 13.0. The van der Waals surface area contributed by atoms with E-state index in [1.165, 1.54) is 28.8 Å². The number of carbonyl (C=O) groups excluding carboxylic acids is 8. The highest BCUT2D eigenvalue weighted by molar-refractivity contribution is 6.53. The number of ketones is 6. The topological polar surface area (TPSA) is 192 Å². The summed E-state index contributed by atoms with van der Waals surface area (Å²) in [5.41, 5.74) is 5.99. The molecule has 87 heavy (non-hydrogen) atoms. The first-order valence-corrected chi connectivity index (χ1v) is 30.7. The van der Waals surface area contributed by atoms with Gasteiger partial charge < -0.3 is 14.6 Å². The van der Waals surface area contributed by atoms with Crippen molar-refractivity contribution < 1.29 is 57.7 Å². The molecule has 0 spiro atoms. The summed E-state index contributed by atoms with van der Waals surface area (Å²) in [7, 11) is 0. The molecule has 12 rings (SSSR count). The highest BCUT2D eigenvalue weighted by atomic mass is 35.5. The van der Waals surface area contributed by atoms with Crippen LogP contribution in [-0.2, 0) is 23.9 Å². The van der Waals surface area contributed by atoms with Crippen LogP contribution in [0.5, 0.6) is 0 Å². The van der Waals surface area contributed by atoms with E-state index in [0.717, 1.165) is 62.5 Å². The summed E-state index contributed by atoms with van der Waals surface area (Å²) in [4.78, 5) is 107. The van der Waals surface area contributed by atoms with Gasteiger partial charge in [-0.05, 0) is 154 Å². The number of hydrogen-bond acceptors (Lipinski definition) is 11. The molecule has 6 aliphatic carbocycles. The Kier molecular flexibility index (Phi) is 21.5. The second kappa shape index (κ2) is 29.1. The van der Waals surface area contributed by atoms with Crippen LogP contribution in [0.15, 0.2) is 178 Å². The second-order valence-corrected chi connectivity index (χ2v) is 24.3. The number of ether oxygens (including phenoxy) is 2. The molecular formula is C69H56Cl6O12. The van der Waals surface area contributed by atoms with Crippen LogP contribution >= 0.6 is 69.6 Å². The van der Waals surface area contributed by atoms with E-state index in [2.05, 4.69) is 12.1 Å². The van der Waals surface area contributed by atoms with Crippen LogP contribution in [0.4, 0.5) is 0 Å². The summed E-state index contributed by atoms with van der Waals surface area (Å²) in [6.45, 7) is 0. The number of fused-ring (bicyclic) bond motifs is 3. The number of carboxylic acid groups (broad SMARTS) is 1. The summed E-state index contributed by atoms with van der Waals surface area (Å²) in [5, 5.41) is 10.4.